The first-order valence-corrected chi connectivity index (χ1v) is 8.07. The Morgan fingerprint density at radius 3 is 2.54 bits per heavy atom. The smallest absolute Gasteiger partial charge is 0.262 e. The zero-order valence-electron chi connectivity index (χ0n) is 14.2. The van der Waals surface area contributed by atoms with Gasteiger partial charge in [-0.2, -0.15) is 0 Å². The van der Waals surface area contributed by atoms with Gasteiger partial charge in [-0.05, 0) is 30.4 Å². The molecule has 0 aliphatic carbocycles. The fourth-order valence-corrected chi connectivity index (χ4v) is 3.04. The lowest BCUT2D eigenvalue weighted by Gasteiger charge is -2.24. The van der Waals surface area contributed by atoms with Gasteiger partial charge in [-0.15, -0.1) is 0 Å². The van der Waals surface area contributed by atoms with E-state index in [0.29, 0.717) is 29.8 Å². The average molecular weight is 330 g/mol. The number of nitrogens with one attached hydrogen (secondary N) is 1. The first kappa shape index (κ1) is 17.8. The highest BCUT2D eigenvalue weighted by atomic mass is 16.2. The third-order valence-corrected chi connectivity index (χ3v) is 4.08. The van der Waals surface area contributed by atoms with Crippen LogP contribution in [0.1, 0.15) is 53.0 Å². The van der Waals surface area contributed by atoms with Crippen molar-refractivity contribution >= 4 is 24.0 Å². The quantitative estimate of drug-likeness (QED) is 0.608. The maximum Gasteiger partial charge on any atom is 0.262 e. The van der Waals surface area contributed by atoms with Gasteiger partial charge in [-0.25, -0.2) is 0 Å². The Labute approximate surface area is 141 Å². The Hall–Kier alpha value is -2.50. The molecule has 0 spiro atoms. The zero-order valence-corrected chi connectivity index (χ0v) is 14.2. The van der Waals surface area contributed by atoms with Gasteiger partial charge in [0.2, 0.25) is 5.91 Å². The number of carbonyl (C=O) groups is 4. The van der Waals surface area contributed by atoms with E-state index in [1.165, 1.54) is 7.05 Å². The highest BCUT2D eigenvalue weighted by Gasteiger charge is 2.43. The number of benzene rings is 1. The number of likely N-dealkylation sites (N-methyl/N-ethyl adjacent to an activating group) is 1. The molecule has 6 nitrogen and oxygen atoms in total. The molecular weight excluding hydrogens is 308 g/mol. The van der Waals surface area contributed by atoms with Crippen molar-refractivity contribution in [2.75, 3.05) is 7.05 Å². The second-order valence-electron chi connectivity index (χ2n) is 6.29. The van der Waals surface area contributed by atoms with Crippen LogP contribution >= 0.6 is 0 Å². The number of hydrogen-bond acceptors (Lipinski definition) is 4. The molecule has 0 saturated heterocycles. The monoisotopic (exact) mass is 330 g/mol. The van der Waals surface area contributed by atoms with Crippen LogP contribution in [-0.4, -0.2) is 42.0 Å². The Morgan fingerprint density at radius 2 is 1.96 bits per heavy atom. The molecule has 1 aromatic rings. The van der Waals surface area contributed by atoms with Crippen molar-refractivity contribution in [2.45, 2.75) is 39.2 Å². The Kier molecular flexibility index (Phi) is 5.49. The van der Waals surface area contributed by atoms with Crippen molar-refractivity contribution in [3.63, 3.8) is 0 Å². The molecule has 6 heteroatoms. The van der Waals surface area contributed by atoms with Gasteiger partial charge >= 0.3 is 0 Å². The highest BCUT2D eigenvalue weighted by molar-refractivity contribution is 6.23. The summed E-state index contributed by atoms with van der Waals surface area (Å²) in [5.74, 6) is -1.04. The molecule has 128 valence electrons. The molecule has 0 bridgehead atoms. The van der Waals surface area contributed by atoms with E-state index in [0.717, 1.165) is 10.5 Å². The minimum Gasteiger partial charge on any atom is -0.357 e. The van der Waals surface area contributed by atoms with Crippen LogP contribution in [0.5, 0.6) is 0 Å². The summed E-state index contributed by atoms with van der Waals surface area (Å²) in [6, 6.07) is 4.24. The van der Waals surface area contributed by atoms with Gasteiger partial charge in [0.05, 0.1) is 11.1 Å². The van der Waals surface area contributed by atoms with Crippen LogP contribution in [-0.2, 0) is 16.0 Å². The number of carbonyl (C=O) groups excluding carboxylic acids is 4. The van der Waals surface area contributed by atoms with Gasteiger partial charge in [0, 0.05) is 13.5 Å². The molecule has 1 heterocycles. The maximum atomic E-state index is 12.9. The molecule has 3 amide bonds. The van der Waals surface area contributed by atoms with Crippen LogP contribution < -0.4 is 5.32 Å². The fourth-order valence-electron chi connectivity index (χ4n) is 3.04. The van der Waals surface area contributed by atoms with E-state index < -0.39 is 23.8 Å². The van der Waals surface area contributed by atoms with E-state index in [1.807, 2.05) is 19.9 Å². The fraction of sp³-hybridized carbons (Fsp3) is 0.444. The van der Waals surface area contributed by atoms with Crippen LogP contribution in [0.2, 0.25) is 0 Å². The summed E-state index contributed by atoms with van der Waals surface area (Å²) in [4.78, 5) is 49.4. The summed E-state index contributed by atoms with van der Waals surface area (Å²) < 4.78 is 0. The van der Waals surface area contributed by atoms with Crippen LogP contribution in [0.25, 0.3) is 0 Å². The van der Waals surface area contributed by atoms with E-state index in [-0.39, 0.29) is 12.8 Å². The van der Waals surface area contributed by atoms with Gasteiger partial charge in [0.25, 0.3) is 11.8 Å². The molecular formula is C18H22N2O4. The van der Waals surface area contributed by atoms with E-state index in [1.54, 1.807) is 12.1 Å². The standard InChI is InChI=1S/C18H22N2O4/c1-11(2)10-12-6-4-7-13-15(12)18(24)20(17(13)23)14(8-5-9-21)16(22)19-3/h4,6-7,9,11,14H,5,8,10H2,1-3H3,(H,19,22). The van der Waals surface area contributed by atoms with E-state index >= 15 is 0 Å². The van der Waals surface area contributed by atoms with Crippen molar-refractivity contribution in [3.05, 3.63) is 34.9 Å². The molecule has 1 aliphatic rings. The molecule has 1 aliphatic heterocycles. The van der Waals surface area contributed by atoms with Crippen LogP contribution in [0, 0.1) is 5.92 Å². The van der Waals surface area contributed by atoms with Gasteiger partial charge in [-0.1, -0.05) is 26.0 Å². The third kappa shape index (κ3) is 3.22. The molecule has 2 rings (SSSR count). The Morgan fingerprint density at radius 1 is 1.25 bits per heavy atom. The zero-order chi connectivity index (χ0) is 17.9. The van der Waals surface area contributed by atoms with E-state index in [4.69, 9.17) is 0 Å². The van der Waals surface area contributed by atoms with Gasteiger partial charge in [0.1, 0.15) is 12.3 Å². The Bertz CT molecular complexity index is 682. The predicted molar refractivity (Wildman–Crippen MR) is 88.6 cm³/mol. The summed E-state index contributed by atoms with van der Waals surface area (Å²) in [5.41, 5.74) is 1.53. The number of fused-ring (bicyclic) bond motifs is 1. The van der Waals surface area contributed by atoms with E-state index in [2.05, 4.69) is 5.32 Å². The molecule has 0 fully saturated rings. The third-order valence-electron chi connectivity index (χ3n) is 4.08. The summed E-state index contributed by atoms with van der Waals surface area (Å²) >= 11 is 0. The number of aldehydes is 1. The van der Waals surface area contributed by atoms with E-state index in [9.17, 15) is 19.2 Å². The number of rotatable bonds is 7. The number of hydrogen-bond donors (Lipinski definition) is 1. The maximum absolute atomic E-state index is 12.9. The first-order valence-electron chi connectivity index (χ1n) is 8.07. The van der Waals surface area contributed by atoms with Crippen LogP contribution in [0.3, 0.4) is 0 Å². The van der Waals surface area contributed by atoms with Crippen LogP contribution in [0.15, 0.2) is 18.2 Å². The summed E-state index contributed by atoms with van der Waals surface area (Å²) in [5, 5.41) is 2.46. The van der Waals surface area contributed by atoms with Gasteiger partial charge in [0.15, 0.2) is 0 Å². The summed E-state index contributed by atoms with van der Waals surface area (Å²) in [6.45, 7) is 4.08. The van der Waals surface area contributed by atoms with Crippen molar-refractivity contribution in [2.24, 2.45) is 5.92 Å². The molecule has 0 radical (unpaired) electrons. The van der Waals surface area contributed by atoms with Gasteiger partial charge < -0.3 is 10.1 Å². The van der Waals surface area contributed by atoms with Crippen molar-refractivity contribution in [1.82, 2.24) is 10.2 Å². The molecule has 0 saturated carbocycles. The van der Waals surface area contributed by atoms with Crippen molar-refractivity contribution in [3.8, 4) is 0 Å². The minimum absolute atomic E-state index is 0.102. The molecule has 24 heavy (non-hydrogen) atoms. The largest absolute Gasteiger partial charge is 0.357 e. The lowest BCUT2D eigenvalue weighted by molar-refractivity contribution is -0.124. The highest BCUT2D eigenvalue weighted by Crippen LogP contribution is 2.30. The summed E-state index contributed by atoms with van der Waals surface area (Å²) in [6.07, 6.45) is 1.58. The predicted octanol–water partition coefficient (Wildman–Crippen LogP) is 1.57. The molecule has 1 aromatic carbocycles. The van der Waals surface area contributed by atoms with Crippen molar-refractivity contribution < 1.29 is 19.2 Å². The molecule has 0 aromatic heterocycles. The molecule has 1 atom stereocenters. The summed E-state index contributed by atoms with van der Waals surface area (Å²) in [7, 11) is 1.44. The topological polar surface area (TPSA) is 83.6 Å². The average Bonchev–Trinajstić information content (AvgIpc) is 2.80. The normalized spacial score (nSPS) is 14.8. The SMILES string of the molecule is CNC(=O)C(CCC=O)N1C(=O)c2cccc(CC(C)C)c2C1=O. The minimum atomic E-state index is -0.973. The van der Waals surface area contributed by atoms with Crippen molar-refractivity contribution in [1.29, 1.82) is 0 Å². The first-order chi connectivity index (χ1) is 11.4. The van der Waals surface area contributed by atoms with Crippen LogP contribution in [0.4, 0.5) is 0 Å². The molecule has 1 unspecified atom stereocenters. The number of nitrogens with zero attached hydrogens (tertiary/aromatic N) is 1. The second kappa shape index (κ2) is 7.38. The second-order valence-corrected chi connectivity index (χ2v) is 6.29. The lowest BCUT2D eigenvalue weighted by atomic mass is 9.95. The van der Waals surface area contributed by atoms with Gasteiger partial charge in [-0.3, -0.25) is 19.3 Å². The lowest BCUT2D eigenvalue weighted by Crippen LogP contribution is -2.48. The number of amides is 3. The Balaban J connectivity index is 2.44. The number of imide groups is 1. The molecule has 1 N–H and O–H groups in total.